The Morgan fingerprint density at radius 2 is 1.96 bits per heavy atom. The summed E-state index contributed by atoms with van der Waals surface area (Å²) in [6.07, 6.45) is 4.45. The summed E-state index contributed by atoms with van der Waals surface area (Å²) in [5.74, 6) is 0.981. The number of hydrogen-bond acceptors (Lipinski definition) is 3. The number of benzene rings is 1. The maximum Gasteiger partial charge on any atom is 0.193 e. The maximum atomic E-state index is 5.36. The maximum absolute atomic E-state index is 5.36. The van der Waals surface area contributed by atoms with Gasteiger partial charge in [0.15, 0.2) is 5.96 Å². The van der Waals surface area contributed by atoms with Crippen LogP contribution in [0.15, 0.2) is 41.4 Å². The summed E-state index contributed by atoms with van der Waals surface area (Å²) in [5.41, 5.74) is 1.26. The van der Waals surface area contributed by atoms with E-state index in [9.17, 15) is 0 Å². The van der Waals surface area contributed by atoms with Gasteiger partial charge in [0.25, 0.3) is 0 Å². The average molecular weight is 330 g/mol. The number of nitrogens with zero attached hydrogens (tertiary/aromatic N) is 3. The molecule has 0 saturated carbocycles. The first-order valence-corrected chi connectivity index (χ1v) is 8.80. The molecule has 1 saturated heterocycles. The molecule has 5 heteroatoms. The van der Waals surface area contributed by atoms with Crippen LogP contribution in [0.5, 0.6) is 0 Å². The van der Waals surface area contributed by atoms with Gasteiger partial charge in [-0.05, 0) is 12.5 Å². The van der Waals surface area contributed by atoms with Crippen molar-refractivity contribution in [3.8, 4) is 0 Å². The van der Waals surface area contributed by atoms with E-state index in [2.05, 4.69) is 56.5 Å². The minimum Gasteiger partial charge on any atom is -0.380 e. The second-order valence-electron chi connectivity index (χ2n) is 5.77. The zero-order valence-corrected chi connectivity index (χ0v) is 14.9. The van der Waals surface area contributed by atoms with Crippen molar-refractivity contribution >= 4 is 12.0 Å². The molecule has 132 valence electrons. The number of rotatable bonds is 7. The number of aliphatic imine (C=N–C) groups is 1. The number of hydrogen-bond donors (Lipinski definition) is 1. The normalized spacial score (nSPS) is 16.8. The van der Waals surface area contributed by atoms with Gasteiger partial charge in [0.2, 0.25) is 0 Å². The molecule has 0 bridgehead atoms. The van der Waals surface area contributed by atoms with E-state index in [1.807, 2.05) is 20.0 Å². The van der Waals surface area contributed by atoms with E-state index in [-0.39, 0.29) is 0 Å². The third-order valence-corrected chi connectivity index (χ3v) is 4.09. The van der Waals surface area contributed by atoms with E-state index < -0.39 is 0 Å². The zero-order valence-electron chi connectivity index (χ0n) is 14.9. The van der Waals surface area contributed by atoms with E-state index in [4.69, 9.17) is 4.74 Å². The van der Waals surface area contributed by atoms with Gasteiger partial charge in [0.1, 0.15) is 0 Å². The lowest BCUT2D eigenvalue weighted by Crippen LogP contribution is -2.52. The first kappa shape index (κ1) is 18.5. The van der Waals surface area contributed by atoms with Crippen molar-refractivity contribution in [2.45, 2.75) is 6.92 Å². The average Bonchev–Trinajstić information content (AvgIpc) is 2.64. The van der Waals surface area contributed by atoms with Gasteiger partial charge < -0.3 is 15.0 Å². The Morgan fingerprint density at radius 3 is 2.62 bits per heavy atom. The molecule has 0 aliphatic carbocycles. The van der Waals surface area contributed by atoms with E-state index in [0.29, 0.717) is 0 Å². The fourth-order valence-electron chi connectivity index (χ4n) is 2.76. The molecule has 1 heterocycles. The summed E-state index contributed by atoms with van der Waals surface area (Å²) in [4.78, 5) is 9.18. The van der Waals surface area contributed by atoms with Gasteiger partial charge in [-0.25, -0.2) is 0 Å². The Morgan fingerprint density at radius 1 is 1.21 bits per heavy atom. The standard InChI is InChI=1S/C19H30N4O/c1-3-24-17-11-21-19(20-2)23-15-13-22(14-16-23)12-7-10-18-8-5-4-6-9-18/h4-10H,3,11-17H2,1-2H3,(H,20,21). The monoisotopic (exact) mass is 330 g/mol. The molecule has 0 unspecified atom stereocenters. The summed E-state index contributed by atoms with van der Waals surface area (Å²) >= 11 is 0. The minimum absolute atomic E-state index is 0.722. The van der Waals surface area contributed by atoms with Gasteiger partial charge in [-0.3, -0.25) is 9.89 Å². The van der Waals surface area contributed by atoms with Gasteiger partial charge >= 0.3 is 0 Å². The summed E-state index contributed by atoms with van der Waals surface area (Å²) < 4.78 is 5.36. The van der Waals surface area contributed by atoms with Crippen LogP contribution in [0, 0.1) is 0 Å². The van der Waals surface area contributed by atoms with Gasteiger partial charge in [-0.2, -0.15) is 0 Å². The van der Waals surface area contributed by atoms with E-state index in [1.165, 1.54) is 5.56 Å². The van der Waals surface area contributed by atoms with Crippen LogP contribution in [0.25, 0.3) is 6.08 Å². The second-order valence-corrected chi connectivity index (χ2v) is 5.77. The number of ether oxygens (including phenoxy) is 1. The molecule has 1 aliphatic heterocycles. The van der Waals surface area contributed by atoms with Crippen molar-refractivity contribution in [1.82, 2.24) is 15.1 Å². The van der Waals surface area contributed by atoms with Crippen LogP contribution in [0.3, 0.4) is 0 Å². The van der Waals surface area contributed by atoms with E-state index in [1.54, 1.807) is 0 Å². The van der Waals surface area contributed by atoms with Crippen molar-refractivity contribution in [2.75, 3.05) is 59.5 Å². The van der Waals surface area contributed by atoms with Crippen LogP contribution < -0.4 is 5.32 Å². The minimum atomic E-state index is 0.722. The highest BCUT2D eigenvalue weighted by Gasteiger charge is 2.18. The fraction of sp³-hybridized carbons (Fsp3) is 0.526. The highest BCUT2D eigenvalue weighted by atomic mass is 16.5. The van der Waals surface area contributed by atoms with Crippen molar-refractivity contribution in [1.29, 1.82) is 0 Å². The molecule has 1 aliphatic rings. The van der Waals surface area contributed by atoms with Crippen molar-refractivity contribution in [2.24, 2.45) is 4.99 Å². The van der Waals surface area contributed by atoms with Crippen LogP contribution in [0.2, 0.25) is 0 Å². The highest BCUT2D eigenvalue weighted by Crippen LogP contribution is 2.05. The molecular formula is C19H30N4O. The molecule has 0 radical (unpaired) electrons. The van der Waals surface area contributed by atoms with Gasteiger partial charge in [-0.15, -0.1) is 0 Å². The molecule has 0 spiro atoms. The van der Waals surface area contributed by atoms with Crippen LogP contribution in [0.1, 0.15) is 12.5 Å². The summed E-state index contributed by atoms with van der Waals surface area (Å²) in [6.45, 7) is 9.44. The molecule has 0 aromatic heterocycles. The molecule has 0 amide bonds. The SMILES string of the molecule is CCOCCNC(=NC)N1CCN(CC=Cc2ccccc2)CC1. The summed E-state index contributed by atoms with van der Waals surface area (Å²) in [7, 11) is 1.85. The second kappa shape index (κ2) is 10.8. The van der Waals surface area contributed by atoms with Gasteiger partial charge in [0, 0.05) is 52.9 Å². The number of guanidine groups is 1. The van der Waals surface area contributed by atoms with Crippen molar-refractivity contribution in [3.05, 3.63) is 42.0 Å². The largest absolute Gasteiger partial charge is 0.380 e. The molecule has 5 nitrogen and oxygen atoms in total. The Hall–Kier alpha value is -1.85. The van der Waals surface area contributed by atoms with Crippen molar-refractivity contribution < 1.29 is 4.74 Å². The Labute approximate surface area is 146 Å². The zero-order chi connectivity index (χ0) is 17.0. The number of piperazine rings is 1. The topological polar surface area (TPSA) is 40.1 Å². The smallest absolute Gasteiger partial charge is 0.193 e. The Kier molecular flexibility index (Phi) is 8.35. The first-order chi connectivity index (χ1) is 11.8. The summed E-state index contributed by atoms with van der Waals surface area (Å²) in [5, 5.41) is 3.37. The lowest BCUT2D eigenvalue weighted by molar-refractivity contribution is 0.150. The van der Waals surface area contributed by atoms with E-state index in [0.717, 1.165) is 58.4 Å². The molecule has 0 atom stereocenters. The van der Waals surface area contributed by atoms with Crippen LogP contribution in [-0.4, -0.2) is 75.3 Å². The van der Waals surface area contributed by atoms with Gasteiger partial charge in [0.05, 0.1) is 6.61 Å². The third-order valence-electron chi connectivity index (χ3n) is 4.09. The molecular weight excluding hydrogens is 300 g/mol. The molecule has 2 rings (SSSR count). The Bertz CT molecular complexity index is 507. The van der Waals surface area contributed by atoms with Crippen molar-refractivity contribution in [3.63, 3.8) is 0 Å². The Balaban J connectivity index is 1.69. The lowest BCUT2D eigenvalue weighted by Gasteiger charge is -2.36. The molecule has 1 aromatic carbocycles. The fourth-order valence-corrected chi connectivity index (χ4v) is 2.76. The third kappa shape index (κ3) is 6.34. The first-order valence-electron chi connectivity index (χ1n) is 8.80. The highest BCUT2D eigenvalue weighted by molar-refractivity contribution is 5.80. The van der Waals surface area contributed by atoms with Gasteiger partial charge in [-0.1, -0.05) is 42.5 Å². The van der Waals surface area contributed by atoms with Crippen LogP contribution in [-0.2, 0) is 4.74 Å². The molecule has 24 heavy (non-hydrogen) atoms. The predicted octanol–water partition coefficient (Wildman–Crippen LogP) is 1.93. The quantitative estimate of drug-likeness (QED) is 0.471. The predicted molar refractivity (Wildman–Crippen MR) is 101 cm³/mol. The molecule has 1 N–H and O–H groups in total. The van der Waals surface area contributed by atoms with Crippen LogP contribution in [0.4, 0.5) is 0 Å². The van der Waals surface area contributed by atoms with E-state index >= 15 is 0 Å². The molecule has 1 aromatic rings. The number of nitrogens with one attached hydrogen (secondary N) is 1. The lowest BCUT2D eigenvalue weighted by atomic mass is 10.2. The molecule has 1 fully saturated rings. The summed E-state index contributed by atoms with van der Waals surface area (Å²) in [6, 6.07) is 10.5. The van der Waals surface area contributed by atoms with Crippen LogP contribution >= 0.6 is 0 Å².